The number of aromatic nitrogens is 2. The van der Waals surface area contributed by atoms with Crippen molar-refractivity contribution in [1.29, 1.82) is 0 Å². The SMILES string of the molecule is COc1ncnc(NC2CC2)c1I. The Morgan fingerprint density at radius 3 is 2.92 bits per heavy atom. The van der Waals surface area contributed by atoms with Crippen molar-refractivity contribution in [3.05, 3.63) is 9.90 Å². The number of rotatable bonds is 3. The quantitative estimate of drug-likeness (QED) is 0.860. The van der Waals surface area contributed by atoms with E-state index in [4.69, 9.17) is 4.74 Å². The van der Waals surface area contributed by atoms with E-state index in [0.717, 1.165) is 9.39 Å². The Morgan fingerprint density at radius 1 is 1.54 bits per heavy atom. The Labute approximate surface area is 90.2 Å². The number of hydrogen-bond donors (Lipinski definition) is 1. The smallest absolute Gasteiger partial charge is 0.232 e. The molecular weight excluding hydrogens is 281 g/mol. The summed E-state index contributed by atoms with van der Waals surface area (Å²) in [6.45, 7) is 0. The minimum atomic E-state index is 0.605. The molecule has 13 heavy (non-hydrogen) atoms. The van der Waals surface area contributed by atoms with E-state index in [-0.39, 0.29) is 0 Å². The molecule has 0 unspecified atom stereocenters. The zero-order valence-corrected chi connectivity index (χ0v) is 9.41. The van der Waals surface area contributed by atoms with Gasteiger partial charge < -0.3 is 10.1 Å². The molecule has 2 rings (SSSR count). The van der Waals surface area contributed by atoms with Gasteiger partial charge in [0.25, 0.3) is 0 Å². The van der Waals surface area contributed by atoms with Gasteiger partial charge in [0.2, 0.25) is 5.88 Å². The van der Waals surface area contributed by atoms with Crippen LogP contribution in [0.2, 0.25) is 0 Å². The predicted molar refractivity (Wildman–Crippen MR) is 57.9 cm³/mol. The van der Waals surface area contributed by atoms with Gasteiger partial charge in [-0.1, -0.05) is 0 Å². The first-order valence-electron chi connectivity index (χ1n) is 4.12. The molecule has 0 radical (unpaired) electrons. The van der Waals surface area contributed by atoms with Crippen molar-refractivity contribution in [3.63, 3.8) is 0 Å². The van der Waals surface area contributed by atoms with E-state index in [2.05, 4.69) is 37.9 Å². The molecule has 0 atom stereocenters. The van der Waals surface area contributed by atoms with Crippen LogP contribution >= 0.6 is 22.6 Å². The molecule has 0 aromatic carbocycles. The summed E-state index contributed by atoms with van der Waals surface area (Å²) < 4.78 is 6.04. The predicted octanol–water partition coefficient (Wildman–Crippen LogP) is 1.66. The maximum absolute atomic E-state index is 5.09. The fourth-order valence-electron chi connectivity index (χ4n) is 1.02. The Balaban J connectivity index is 2.22. The Bertz CT molecular complexity index is 314. The maximum Gasteiger partial charge on any atom is 0.232 e. The summed E-state index contributed by atoms with van der Waals surface area (Å²) in [5.41, 5.74) is 0. The number of halogens is 1. The monoisotopic (exact) mass is 291 g/mol. The van der Waals surface area contributed by atoms with Crippen LogP contribution in [0.5, 0.6) is 5.88 Å². The summed E-state index contributed by atoms with van der Waals surface area (Å²) >= 11 is 2.19. The van der Waals surface area contributed by atoms with E-state index >= 15 is 0 Å². The minimum Gasteiger partial charge on any atom is -0.480 e. The summed E-state index contributed by atoms with van der Waals surface area (Å²) in [5, 5.41) is 3.32. The Morgan fingerprint density at radius 2 is 2.31 bits per heavy atom. The second-order valence-corrected chi connectivity index (χ2v) is 4.04. The van der Waals surface area contributed by atoms with Crippen LogP contribution in [0.25, 0.3) is 0 Å². The van der Waals surface area contributed by atoms with Crippen LogP contribution in [0.4, 0.5) is 5.82 Å². The third kappa shape index (κ3) is 2.01. The molecule has 1 aromatic heterocycles. The van der Waals surface area contributed by atoms with Gasteiger partial charge in [-0.25, -0.2) is 9.97 Å². The van der Waals surface area contributed by atoms with E-state index < -0.39 is 0 Å². The number of anilines is 1. The average molecular weight is 291 g/mol. The highest BCUT2D eigenvalue weighted by Crippen LogP contribution is 2.29. The van der Waals surface area contributed by atoms with Crippen LogP contribution in [-0.2, 0) is 0 Å². The second-order valence-electron chi connectivity index (χ2n) is 2.96. The number of methoxy groups -OCH3 is 1. The van der Waals surface area contributed by atoms with Crippen molar-refractivity contribution >= 4 is 28.4 Å². The van der Waals surface area contributed by atoms with Crippen molar-refractivity contribution < 1.29 is 4.74 Å². The highest BCUT2D eigenvalue weighted by Gasteiger charge is 2.23. The summed E-state index contributed by atoms with van der Waals surface area (Å²) in [6, 6.07) is 0.605. The van der Waals surface area contributed by atoms with Crippen LogP contribution < -0.4 is 10.1 Å². The molecule has 1 N–H and O–H groups in total. The lowest BCUT2D eigenvalue weighted by atomic mass is 10.5. The molecule has 1 aliphatic rings. The van der Waals surface area contributed by atoms with Crippen molar-refractivity contribution in [2.45, 2.75) is 18.9 Å². The van der Waals surface area contributed by atoms with Gasteiger partial charge in [-0.3, -0.25) is 0 Å². The van der Waals surface area contributed by atoms with Gasteiger partial charge in [0.1, 0.15) is 15.7 Å². The third-order valence-corrected chi connectivity index (χ3v) is 2.84. The Kier molecular flexibility index (Phi) is 2.52. The Hall–Kier alpha value is -0.590. The first-order valence-corrected chi connectivity index (χ1v) is 5.20. The standard InChI is InChI=1S/C8H10IN3O/c1-13-8-6(9)7(10-4-11-8)12-5-2-3-5/h4-5H,2-3H2,1H3,(H,10,11,12). The van der Waals surface area contributed by atoms with E-state index in [1.165, 1.54) is 19.2 Å². The van der Waals surface area contributed by atoms with Gasteiger partial charge in [-0.05, 0) is 35.4 Å². The first-order chi connectivity index (χ1) is 6.31. The summed E-state index contributed by atoms with van der Waals surface area (Å²) in [7, 11) is 1.62. The van der Waals surface area contributed by atoms with E-state index in [1.807, 2.05) is 0 Å². The summed E-state index contributed by atoms with van der Waals surface area (Å²) in [6.07, 6.45) is 4.00. The summed E-state index contributed by atoms with van der Waals surface area (Å²) in [4.78, 5) is 8.16. The topological polar surface area (TPSA) is 47.0 Å². The molecule has 1 heterocycles. The molecule has 1 fully saturated rings. The molecule has 1 aliphatic carbocycles. The van der Waals surface area contributed by atoms with Crippen LogP contribution in [-0.4, -0.2) is 23.1 Å². The van der Waals surface area contributed by atoms with Gasteiger partial charge in [0, 0.05) is 6.04 Å². The molecular formula is C8H10IN3O. The number of hydrogen-bond acceptors (Lipinski definition) is 4. The average Bonchev–Trinajstić information content (AvgIpc) is 2.92. The van der Waals surface area contributed by atoms with Crippen molar-refractivity contribution in [3.8, 4) is 5.88 Å². The fraction of sp³-hybridized carbons (Fsp3) is 0.500. The molecule has 4 nitrogen and oxygen atoms in total. The number of ether oxygens (including phenoxy) is 1. The molecule has 0 amide bonds. The fourth-order valence-corrected chi connectivity index (χ4v) is 1.67. The van der Waals surface area contributed by atoms with Crippen molar-refractivity contribution in [2.24, 2.45) is 0 Å². The molecule has 1 aromatic rings. The molecule has 70 valence electrons. The van der Waals surface area contributed by atoms with E-state index in [9.17, 15) is 0 Å². The summed E-state index contributed by atoms with van der Waals surface area (Å²) in [5.74, 6) is 1.52. The van der Waals surface area contributed by atoms with Crippen LogP contribution in [0.3, 0.4) is 0 Å². The zero-order chi connectivity index (χ0) is 9.26. The third-order valence-electron chi connectivity index (χ3n) is 1.87. The molecule has 5 heteroatoms. The van der Waals surface area contributed by atoms with Gasteiger partial charge in [0.15, 0.2) is 0 Å². The van der Waals surface area contributed by atoms with E-state index in [0.29, 0.717) is 11.9 Å². The normalized spacial score (nSPS) is 15.5. The van der Waals surface area contributed by atoms with Crippen LogP contribution in [0.15, 0.2) is 6.33 Å². The molecule has 0 saturated heterocycles. The van der Waals surface area contributed by atoms with Gasteiger partial charge in [0.05, 0.1) is 7.11 Å². The lowest BCUT2D eigenvalue weighted by Gasteiger charge is -2.07. The second kappa shape index (κ2) is 3.65. The number of nitrogens with one attached hydrogen (secondary N) is 1. The minimum absolute atomic E-state index is 0.605. The number of nitrogens with zero attached hydrogens (tertiary/aromatic N) is 2. The first kappa shape index (κ1) is 8.98. The van der Waals surface area contributed by atoms with Crippen molar-refractivity contribution in [1.82, 2.24) is 9.97 Å². The highest BCUT2D eigenvalue weighted by atomic mass is 127. The van der Waals surface area contributed by atoms with E-state index in [1.54, 1.807) is 7.11 Å². The maximum atomic E-state index is 5.09. The zero-order valence-electron chi connectivity index (χ0n) is 7.25. The van der Waals surface area contributed by atoms with Gasteiger partial charge in [-0.15, -0.1) is 0 Å². The van der Waals surface area contributed by atoms with Gasteiger partial charge >= 0.3 is 0 Å². The molecule has 0 aliphatic heterocycles. The molecule has 0 spiro atoms. The van der Waals surface area contributed by atoms with Crippen LogP contribution in [0, 0.1) is 3.57 Å². The van der Waals surface area contributed by atoms with Crippen molar-refractivity contribution in [2.75, 3.05) is 12.4 Å². The molecule has 1 saturated carbocycles. The lowest BCUT2D eigenvalue weighted by Crippen LogP contribution is -2.06. The van der Waals surface area contributed by atoms with Gasteiger partial charge in [-0.2, -0.15) is 0 Å². The highest BCUT2D eigenvalue weighted by molar-refractivity contribution is 14.1. The molecule has 0 bridgehead atoms. The lowest BCUT2D eigenvalue weighted by molar-refractivity contribution is 0.394. The van der Waals surface area contributed by atoms with Crippen LogP contribution in [0.1, 0.15) is 12.8 Å². The largest absolute Gasteiger partial charge is 0.480 e.